The molecule has 0 spiro atoms. The van der Waals surface area contributed by atoms with Gasteiger partial charge in [0.05, 0.1) is 5.56 Å². The molecular formula is C18H27F3N4O. The fourth-order valence-electron chi connectivity index (χ4n) is 2.14. The number of guanidine groups is 1. The Balaban J connectivity index is 2.53. The Kier molecular flexibility index (Phi) is 7.92. The van der Waals surface area contributed by atoms with Crippen molar-refractivity contribution in [2.24, 2.45) is 4.99 Å². The van der Waals surface area contributed by atoms with Gasteiger partial charge in [-0.3, -0.25) is 4.79 Å². The van der Waals surface area contributed by atoms with Gasteiger partial charge >= 0.3 is 6.18 Å². The van der Waals surface area contributed by atoms with Crippen LogP contribution >= 0.6 is 0 Å². The standard InChI is InChI=1S/C18H27F3N4O/c1-5-22-16(24-12-15(26)25-17(2,3)4)23-11-10-13-6-8-14(9-7-13)18(19,20)21/h6-9H,5,10-12H2,1-4H3,(H,25,26)(H2,22,23,24). The number of carbonyl (C=O) groups is 1. The molecule has 0 atom stereocenters. The molecule has 0 heterocycles. The van der Waals surface area contributed by atoms with Crippen molar-refractivity contribution in [1.82, 2.24) is 16.0 Å². The van der Waals surface area contributed by atoms with Gasteiger partial charge < -0.3 is 16.0 Å². The summed E-state index contributed by atoms with van der Waals surface area (Å²) in [6.45, 7) is 8.69. The maximum atomic E-state index is 12.5. The van der Waals surface area contributed by atoms with Crippen LogP contribution in [-0.4, -0.2) is 37.0 Å². The van der Waals surface area contributed by atoms with Gasteiger partial charge in [-0.05, 0) is 51.8 Å². The van der Waals surface area contributed by atoms with Gasteiger partial charge in [-0.2, -0.15) is 13.2 Å². The van der Waals surface area contributed by atoms with E-state index >= 15 is 0 Å². The number of hydrogen-bond acceptors (Lipinski definition) is 2. The summed E-state index contributed by atoms with van der Waals surface area (Å²) in [5.41, 5.74) is -0.193. The summed E-state index contributed by atoms with van der Waals surface area (Å²) in [6.07, 6.45) is -3.79. The van der Waals surface area contributed by atoms with Crippen LogP contribution in [0.2, 0.25) is 0 Å². The fraction of sp³-hybridized carbons (Fsp3) is 0.556. The van der Waals surface area contributed by atoms with Gasteiger partial charge in [-0.15, -0.1) is 0 Å². The van der Waals surface area contributed by atoms with Crippen LogP contribution < -0.4 is 16.0 Å². The first kappa shape index (κ1) is 21.8. The lowest BCUT2D eigenvalue weighted by atomic mass is 10.1. The third-order valence-corrected chi connectivity index (χ3v) is 3.23. The summed E-state index contributed by atoms with van der Waals surface area (Å²) in [7, 11) is 0. The third-order valence-electron chi connectivity index (χ3n) is 3.23. The van der Waals surface area contributed by atoms with E-state index in [1.165, 1.54) is 12.1 Å². The fourth-order valence-corrected chi connectivity index (χ4v) is 2.14. The summed E-state index contributed by atoms with van der Waals surface area (Å²) in [5, 5.41) is 8.92. The predicted molar refractivity (Wildman–Crippen MR) is 97.0 cm³/mol. The first-order valence-corrected chi connectivity index (χ1v) is 8.50. The molecule has 0 saturated heterocycles. The van der Waals surface area contributed by atoms with Crippen molar-refractivity contribution in [3.8, 4) is 0 Å². The highest BCUT2D eigenvalue weighted by molar-refractivity contribution is 5.85. The van der Waals surface area contributed by atoms with Crippen molar-refractivity contribution in [1.29, 1.82) is 0 Å². The van der Waals surface area contributed by atoms with Crippen molar-refractivity contribution in [2.45, 2.75) is 45.8 Å². The Labute approximate surface area is 152 Å². The SMILES string of the molecule is CCNC(=NCC(=O)NC(C)(C)C)NCCc1ccc(C(F)(F)F)cc1. The average Bonchev–Trinajstić information content (AvgIpc) is 2.50. The number of alkyl halides is 3. The van der Waals surface area contributed by atoms with Gasteiger partial charge in [0.25, 0.3) is 0 Å². The zero-order valence-electron chi connectivity index (χ0n) is 15.6. The highest BCUT2D eigenvalue weighted by Crippen LogP contribution is 2.29. The normalized spacial score (nSPS) is 12.7. The molecule has 0 aliphatic carbocycles. The van der Waals surface area contributed by atoms with Crippen molar-refractivity contribution < 1.29 is 18.0 Å². The van der Waals surface area contributed by atoms with E-state index in [9.17, 15) is 18.0 Å². The minimum Gasteiger partial charge on any atom is -0.357 e. The Hall–Kier alpha value is -2.25. The molecule has 0 aliphatic heterocycles. The number of rotatable bonds is 6. The number of hydrogen-bond donors (Lipinski definition) is 3. The van der Waals surface area contributed by atoms with Gasteiger partial charge in [-0.25, -0.2) is 4.99 Å². The Bertz CT molecular complexity index is 604. The second kappa shape index (κ2) is 9.45. The molecule has 0 unspecified atom stereocenters. The molecule has 0 bridgehead atoms. The number of amides is 1. The molecule has 0 saturated carbocycles. The first-order valence-electron chi connectivity index (χ1n) is 8.50. The average molecular weight is 372 g/mol. The smallest absolute Gasteiger partial charge is 0.357 e. The van der Waals surface area contributed by atoms with Crippen LogP contribution in [0.5, 0.6) is 0 Å². The van der Waals surface area contributed by atoms with E-state index < -0.39 is 11.7 Å². The van der Waals surface area contributed by atoms with Crippen LogP contribution in [0.1, 0.15) is 38.8 Å². The van der Waals surface area contributed by atoms with Crippen LogP contribution in [0.25, 0.3) is 0 Å². The van der Waals surface area contributed by atoms with Crippen molar-refractivity contribution >= 4 is 11.9 Å². The van der Waals surface area contributed by atoms with Gasteiger partial charge in [0.15, 0.2) is 5.96 Å². The number of nitrogens with zero attached hydrogens (tertiary/aromatic N) is 1. The lowest BCUT2D eigenvalue weighted by Crippen LogP contribution is -2.43. The number of benzene rings is 1. The zero-order valence-corrected chi connectivity index (χ0v) is 15.6. The molecule has 3 N–H and O–H groups in total. The van der Waals surface area contributed by atoms with Gasteiger partial charge in [-0.1, -0.05) is 12.1 Å². The quantitative estimate of drug-likeness (QED) is 0.531. The van der Waals surface area contributed by atoms with Crippen molar-refractivity contribution in [3.05, 3.63) is 35.4 Å². The molecule has 0 radical (unpaired) electrons. The van der Waals surface area contributed by atoms with Crippen LogP contribution in [-0.2, 0) is 17.4 Å². The Morgan fingerprint density at radius 2 is 1.69 bits per heavy atom. The van der Waals surface area contributed by atoms with Crippen LogP contribution in [0.3, 0.4) is 0 Å². The number of aliphatic imine (C=N–C) groups is 1. The highest BCUT2D eigenvalue weighted by atomic mass is 19.4. The summed E-state index contributed by atoms with van der Waals surface area (Å²) >= 11 is 0. The van der Waals surface area contributed by atoms with E-state index in [4.69, 9.17) is 0 Å². The Morgan fingerprint density at radius 1 is 1.08 bits per heavy atom. The minimum absolute atomic E-state index is 0.00706. The monoisotopic (exact) mass is 372 g/mol. The maximum absolute atomic E-state index is 12.5. The van der Waals surface area contributed by atoms with Gasteiger partial charge in [0, 0.05) is 18.6 Å². The van der Waals surface area contributed by atoms with Crippen LogP contribution in [0.15, 0.2) is 29.3 Å². The second-order valence-electron chi connectivity index (χ2n) is 6.86. The maximum Gasteiger partial charge on any atom is 0.416 e. The second-order valence-corrected chi connectivity index (χ2v) is 6.86. The lowest BCUT2D eigenvalue weighted by molar-refractivity contribution is -0.137. The molecule has 0 aliphatic rings. The molecule has 0 fully saturated rings. The topological polar surface area (TPSA) is 65.5 Å². The zero-order chi connectivity index (χ0) is 19.8. The van der Waals surface area contributed by atoms with Crippen LogP contribution in [0, 0.1) is 0 Å². The molecule has 1 amide bonds. The van der Waals surface area contributed by atoms with E-state index in [0.29, 0.717) is 25.5 Å². The third kappa shape index (κ3) is 8.73. The van der Waals surface area contributed by atoms with E-state index in [1.807, 2.05) is 27.7 Å². The molecule has 0 aromatic heterocycles. The van der Waals surface area contributed by atoms with Crippen molar-refractivity contribution in [3.63, 3.8) is 0 Å². The van der Waals surface area contributed by atoms with Crippen LogP contribution in [0.4, 0.5) is 13.2 Å². The molecule has 1 aromatic carbocycles. The van der Waals surface area contributed by atoms with Crippen molar-refractivity contribution in [2.75, 3.05) is 19.6 Å². The summed E-state index contributed by atoms with van der Waals surface area (Å²) in [4.78, 5) is 16.0. The highest BCUT2D eigenvalue weighted by Gasteiger charge is 2.29. The first-order chi connectivity index (χ1) is 12.0. The summed E-state index contributed by atoms with van der Waals surface area (Å²) in [6, 6.07) is 5.08. The van der Waals surface area contributed by atoms with E-state index in [1.54, 1.807) is 0 Å². The van der Waals surface area contributed by atoms with Gasteiger partial charge in [0.2, 0.25) is 5.91 Å². The summed E-state index contributed by atoms with van der Waals surface area (Å²) < 4.78 is 37.6. The molecule has 8 heteroatoms. The minimum atomic E-state index is -4.32. The Morgan fingerprint density at radius 3 is 2.19 bits per heavy atom. The van der Waals surface area contributed by atoms with E-state index in [2.05, 4.69) is 20.9 Å². The largest absolute Gasteiger partial charge is 0.416 e. The van der Waals surface area contributed by atoms with Gasteiger partial charge in [0.1, 0.15) is 6.54 Å². The van der Waals surface area contributed by atoms with E-state index in [0.717, 1.165) is 17.7 Å². The number of halogens is 3. The predicted octanol–water partition coefficient (Wildman–Crippen LogP) is 2.72. The molecule has 1 rings (SSSR count). The van der Waals surface area contributed by atoms with E-state index in [-0.39, 0.29) is 18.0 Å². The molecular weight excluding hydrogens is 345 g/mol. The molecule has 5 nitrogen and oxygen atoms in total. The molecule has 146 valence electrons. The molecule has 26 heavy (non-hydrogen) atoms. The number of carbonyl (C=O) groups excluding carboxylic acids is 1. The summed E-state index contributed by atoms with van der Waals surface area (Å²) in [5.74, 6) is 0.306. The molecule has 1 aromatic rings. The lowest BCUT2D eigenvalue weighted by Gasteiger charge is -2.20. The number of nitrogens with one attached hydrogen (secondary N) is 3.